The molecule has 2 aliphatic rings. The predicted octanol–water partition coefficient (Wildman–Crippen LogP) is 0.197. The monoisotopic (exact) mass is 212 g/mol. The summed E-state index contributed by atoms with van der Waals surface area (Å²) in [5.41, 5.74) is -0.679. The van der Waals surface area contributed by atoms with E-state index in [4.69, 9.17) is 18.1 Å². The molecule has 0 amide bonds. The van der Waals surface area contributed by atoms with Gasteiger partial charge in [0.2, 0.25) is 0 Å². The van der Waals surface area contributed by atoms with Crippen LogP contribution in [0.2, 0.25) is 0 Å². The molecule has 5 nitrogen and oxygen atoms in total. The third-order valence-electron chi connectivity index (χ3n) is 1.90. The van der Waals surface area contributed by atoms with Crippen molar-refractivity contribution in [1.29, 1.82) is 0 Å². The Morgan fingerprint density at radius 3 is 2.58 bits per heavy atom. The first-order valence-corrected chi connectivity index (χ1v) is 5.18. The molecule has 0 aromatic rings. The van der Waals surface area contributed by atoms with Gasteiger partial charge in [-0.2, -0.15) is 0 Å². The van der Waals surface area contributed by atoms with Crippen LogP contribution in [0.25, 0.3) is 0 Å². The number of aliphatic hydroxyl groups excluding tert-OH is 1. The lowest BCUT2D eigenvalue weighted by molar-refractivity contribution is -0.143. The molecule has 0 aliphatic carbocycles. The first-order valence-electron chi connectivity index (χ1n) is 3.55. The highest BCUT2D eigenvalue weighted by Crippen LogP contribution is 2.39. The van der Waals surface area contributed by atoms with Gasteiger partial charge in [0.1, 0.15) is 11.7 Å². The van der Waals surface area contributed by atoms with Crippen LogP contribution in [0.4, 0.5) is 0 Å². The SMILES string of the molecule is OC1COPOC12COPOC2. The zero-order chi connectivity index (χ0) is 8.44. The molecule has 70 valence electrons. The molecule has 2 aliphatic heterocycles. The van der Waals surface area contributed by atoms with Crippen molar-refractivity contribution in [2.24, 2.45) is 0 Å². The first kappa shape index (κ1) is 9.22. The number of aliphatic hydroxyl groups is 1. The molecule has 0 saturated carbocycles. The largest absolute Gasteiger partial charge is 0.387 e. The van der Waals surface area contributed by atoms with E-state index in [-0.39, 0.29) is 18.1 Å². The minimum absolute atomic E-state index is 0.0273. The Morgan fingerprint density at radius 2 is 1.92 bits per heavy atom. The third kappa shape index (κ3) is 1.64. The van der Waals surface area contributed by atoms with E-state index in [2.05, 4.69) is 0 Å². The lowest BCUT2D eigenvalue weighted by Gasteiger charge is -2.41. The normalized spacial score (nSPS) is 47.2. The van der Waals surface area contributed by atoms with Gasteiger partial charge >= 0.3 is 0 Å². The molecular weight excluding hydrogens is 202 g/mol. The lowest BCUT2D eigenvalue weighted by Crippen LogP contribution is -2.55. The molecule has 1 spiro atoms. The summed E-state index contributed by atoms with van der Waals surface area (Å²) in [6, 6.07) is 0. The van der Waals surface area contributed by atoms with Crippen LogP contribution >= 0.6 is 18.1 Å². The van der Waals surface area contributed by atoms with Gasteiger partial charge in [-0.1, -0.05) is 0 Å². The summed E-state index contributed by atoms with van der Waals surface area (Å²) < 4.78 is 20.5. The summed E-state index contributed by atoms with van der Waals surface area (Å²) >= 11 is 0. The summed E-state index contributed by atoms with van der Waals surface area (Å²) in [5.74, 6) is 0. The van der Waals surface area contributed by atoms with Crippen molar-refractivity contribution in [3.05, 3.63) is 0 Å². The van der Waals surface area contributed by atoms with Gasteiger partial charge in [-0.05, 0) is 0 Å². The Bertz CT molecular complexity index is 152. The average molecular weight is 212 g/mol. The molecule has 2 atom stereocenters. The summed E-state index contributed by atoms with van der Waals surface area (Å²) in [5, 5.41) is 9.58. The van der Waals surface area contributed by atoms with Crippen molar-refractivity contribution in [1.82, 2.24) is 0 Å². The van der Waals surface area contributed by atoms with Crippen LogP contribution in [0, 0.1) is 0 Å². The van der Waals surface area contributed by atoms with Gasteiger partial charge in [-0.25, -0.2) is 0 Å². The minimum Gasteiger partial charge on any atom is -0.387 e. The van der Waals surface area contributed by atoms with Crippen LogP contribution in [-0.2, 0) is 18.1 Å². The molecule has 0 aromatic heterocycles. The van der Waals surface area contributed by atoms with Crippen LogP contribution in [0.15, 0.2) is 0 Å². The van der Waals surface area contributed by atoms with Gasteiger partial charge in [-0.3, -0.25) is 0 Å². The highest BCUT2D eigenvalue weighted by atomic mass is 31.1. The standard InChI is InChI=1S/C5H10O5P2/c6-4-1-7-12-10-5(4)2-8-11-9-3-5/h4,6,11-12H,1-3H2. The Kier molecular flexibility index (Phi) is 2.93. The van der Waals surface area contributed by atoms with Crippen molar-refractivity contribution in [2.75, 3.05) is 19.8 Å². The molecule has 1 N–H and O–H groups in total. The molecule has 2 fully saturated rings. The first-order chi connectivity index (χ1) is 5.83. The van der Waals surface area contributed by atoms with Crippen LogP contribution in [0.3, 0.4) is 0 Å². The fraction of sp³-hybridized carbons (Fsp3) is 1.00. The zero-order valence-corrected chi connectivity index (χ0v) is 8.28. The maximum absolute atomic E-state index is 9.58. The van der Waals surface area contributed by atoms with E-state index in [0.717, 1.165) is 0 Å². The van der Waals surface area contributed by atoms with Crippen LogP contribution in [-0.4, -0.2) is 36.6 Å². The number of hydrogen-bond acceptors (Lipinski definition) is 5. The third-order valence-corrected chi connectivity index (χ3v) is 3.20. The molecular formula is C5H10O5P2. The Balaban J connectivity index is 2.04. The topological polar surface area (TPSA) is 57.2 Å². The van der Waals surface area contributed by atoms with Crippen LogP contribution in [0.5, 0.6) is 0 Å². The molecule has 7 heteroatoms. The summed E-state index contributed by atoms with van der Waals surface area (Å²) in [7, 11) is 0.0335. The van der Waals surface area contributed by atoms with Crippen molar-refractivity contribution < 1.29 is 23.2 Å². The molecule has 2 heterocycles. The van der Waals surface area contributed by atoms with Gasteiger partial charge in [0, 0.05) is 0 Å². The fourth-order valence-electron chi connectivity index (χ4n) is 1.08. The quantitative estimate of drug-likeness (QED) is 0.581. The fourth-order valence-corrected chi connectivity index (χ4v) is 2.48. The second-order valence-corrected chi connectivity index (χ2v) is 4.14. The molecule has 2 saturated heterocycles. The maximum atomic E-state index is 9.58. The number of rotatable bonds is 0. The minimum atomic E-state index is -0.679. The van der Waals surface area contributed by atoms with Crippen molar-refractivity contribution in [3.8, 4) is 0 Å². The maximum Gasteiger partial charge on any atom is 0.155 e. The highest BCUT2D eigenvalue weighted by molar-refractivity contribution is 7.26. The van der Waals surface area contributed by atoms with Gasteiger partial charge in [0.05, 0.1) is 19.8 Å². The smallest absolute Gasteiger partial charge is 0.155 e. The van der Waals surface area contributed by atoms with Crippen molar-refractivity contribution >= 4 is 18.1 Å². The lowest BCUT2D eigenvalue weighted by atomic mass is 10.00. The molecule has 2 rings (SSSR count). The highest BCUT2D eigenvalue weighted by Gasteiger charge is 2.45. The Labute approximate surface area is 73.6 Å². The Morgan fingerprint density at radius 1 is 1.17 bits per heavy atom. The van der Waals surface area contributed by atoms with E-state index < -0.39 is 11.7 Å². The van der Waals surface area contributed by atoms with Crippen LogP contribution in [0.1, 0.15) is 0 Å². The van der Waals surface area contributed by atoms with Crippen LogP contribution < -0.4 is 0 Å². The molecule has 0 radical (unpaired) electrons. The van der Waals surface area contributed by atoms with Crippen molar-refractivity contribution in [2.45, 2.75) is 11.7 Å². The van der Waals surface area contributed by atoms with Crippen molar-refractivity contribution in [3.63, 3.8) is 0 Å². The van der Waals surface area contributed by atoms with Gasteiger partial charge in [-0.15, -0.1) is 0 Å². The molecule has 0 bridgehead atoms. The second-order valence-electron chi connectivity index (χ2n) is 2.74. The van der Waals surface area contributed by atoms with Gasteiger partial charge in [0.25, 0.3) is 0 Å². The van der Waals surface area contributed by atoms with E-state index in [9.17, 15) is 5.11 Å². The van der Waals surface area contributed by atoms with E-state index in [0.29, 0.717) is 19.8 Å². The summed E-state index contributed by atoms with van der Waals surface area (Å²) in [6.45, 7) is 1.08. The van der Waals surface area contributed by atoms with E-state index in [1.807, 2.05) is 0 Å². The average Bonchev–Trinajstić information content (AvgIpc) is 2.12. The van der Waals surface area contributed by atoms with E-state index in [1.54, 1.807) is 0 Å². The van der Waals surface area contributed by atoms with Gasteiger partial charge in [0.15, 0.2) is 18.1 Å². The second kappa shape index (κ2) is 3.81. The molecule has 0 aromatic carbocycles. The molecule has 12 heavy (non-hydrogen) atoms. The predicted molar refractivity (Wildman–Crippen MR) is 44.3 cm³/mol. The van der Waals surface area contributed by atoms with E-state index >= 15 is 0 Å². The molecule has 2 unspecified atom stereocenters. The van der Waals surface area contributed by atoms with E-state index in [1.165, 1.54) is 0 Å². The number of hydrogen-bond donors (Lipinski definition) is 1. The summed E-state index contributed by atoms with van der Waals surface area (Å²) in [4.78, 5) is 0. The zero-order valence-electron chi connectivity index (χ0n) is 6.28. The van der Waals surface area contributed by atoms with Gasteiger partial charge < -0.3 is 23.2 Å². The summed E-state index contributed by atoms with van der Waals surface area (Å²) in [6.07, 6.45) is -0.649. The Hall–Kier alpha value is 0.660.